The third-order valence-corrected chi connectivity index (χ3v) is 6.23. The Labute approximate surface area is 159 Å². The Morgan fingerprint density at radius 1 is 1.26 bits per heavy atom. The van der Waals surface area contributed by atoms with Gasteiger partial charge in [-0.2, -0.15) is 4.31 Å². The van der Waals surface area contributed by atoms with E-state index in [4.69, 9.17) is 0 Å². The number of nitrogens with zero attached hydrogens (tertiary/aromatic N) is 4. The molecule has 2 aromatic rings. The fourth-order valence-electron chi connectivity index (χ4n) is 2.91. The van der Waals surface area contributed by atoms with Gasteiger partial charge in [0.25, 0.3) is 0 Å². The monoisotopic (exact) mass is 389 g/mol. The molecule has 2 aromatic heterocycles. The second kappa shape index (κ2) is 8.45. The molecular formula is C18H23N5O3S. The smallest absolute Gasteiger partial charge is 0.244 e. The Morgan fingerprint density at radius 3 is 2.74 bits per heavy atom. The molecule has 1 fully saturated rings. The van der Waals surface area contributed by atoms with E-state index in [1.807, 2.05) is 12.1 Å². The van der Waals surface area contributed by atoms with Crippen LogP contribution in [0.2, 0.25) is 0 Å². The van der Waals surface area contributed by atoms with Gasteiger partial charge in [-0.1, -0.05) is 0 Å². The van der Waals surface area contributed by atoms with Crippen LogP contribution in [-0.2, 0) is 21.4 Å². The Balaban J connectivity index is 1.56. The highest BCUT2D eigenvalue weighted by Gasteiger charge is 2.23. The zero-order chi connectivity index (χ0) is 19.3. The molecule has 9 heteroatoms. The predicted octanol–water partition coefficient (Wildman–Crippen LogP) is 1.01. The molecule has 8 nitrogen and oxygen atoms in total. The van der Waals surface area contributed by atoms with E-state index >= 15 is 0 Å². The molecule has 3 heterocycles. The maximum Gasteiger partial charge on any atom is 0.244 e. The van der Waals surface area contributed by atoms with E-state index in [1.54, 1.807) is 12.3 Å². The first-order valence-electron chi connectivity index (χ1n) is 8.80. The van der Waals surface area contributed by atoms with E-state index in [9.17, 15) is 13.2 Å². The van der Waals surface area contributed by atoms with Crippen LogP contribution in [0.15, 0.2) is 47.8 Å². The molecule has 1 aliphatic rings. The lowest BCUT2D eigenvalue weighted by molar-refractivity contribution is -0.121. The van der Waals surface area contributed by atoms with E-state index in [0.717, 1.165) is 28.8 Å². The molecule has 1 N–H and O–H groups in total. The first-order chi connectivity index (χ1) is 13.0. The number of likely N-dealkylation sites (N-methyl/N-ethyl adjacent to an activating group) is 1. The number of hydrogen-bond donors (Lipinski definition) is 1. The predicted molar refractivity (Wildman–Crippen MR) is 102 cm³/mol. The minimum Gasteiger partial charge on any atom is -0.357 e. The van der Waals surface area contributed by atoms with Gasteiger partial charge in [0.2, 0.25) is 15.9 Å². The number of carbonyl (C=O) groups is 1. The van der Waals surface area contributed by atoms with E-state index in [-0.39, 0.29) is 17.3 Å². The van der Waals surface area contributed by atoms with E-state index in [2.05, 4.69) is 20.2 Å². The Hall–Kier alpha value is -2.52. The van der Waals surface area contributed by atoms with Crippen LogP contribution in [0.25, 0.3) is 0 Å². The third-order valence-electron chi connectivity index (χ3n) is 4.44. The van der Waals surface area contributed by atoms with E-state index in [0.29, 0.717) is 6.54 Å². The molecule has 1 aliphatic heterocycles. The molecule has 0 aliphatic carbocycles. The topological polar surface area (TPSA) is 95.5 Å². The fourth-order valence-corrected chi connectivity index (χ4v) is 4.00. The maximum absolute atomic E-state index is 12.4. The summed E-state index contributed by atoms with van der Waals surface area (Å²) in [6, 6.07) is 6.80. The van der Waals surface area contributed by atoms with Crippen molar-refractivity contribution < 1.29 is 13.2 Å². The molecule has 1 amide bonds. The van der Waals surface area contributed by atoms with Crippen LogP contribution in [0.4, 0.5) is 5.82 Å². The molecule has 0 atom stereocenters. The highest BCUT2D eigenvalue weighted by atomic mass is 32.2. The zero-order valence-corrected chi connectivity index (χ0v) is 16.0. The number of hydrogen-bond acceptors (Lipinski definition) is 6. The van der Waals surface area contributed by atoms with E-state index < -0.39 is 10.0 Å². The molecule has 0 spiro atoms. The second-order valence-corrected chi connectivity index (χ2v) is 8.49. The lowest BCUT2D eigenvalue weighted by Crippen LogP contribution is -2.38. The highest BCUT2D eigenvalue weighted by molar-refractivity contribution is 7.89. The quantitative estimate of drug-likeness (QED) is 0.759. The number of anilines is 1. The van der Waals surface area contributed by atoms with Crippen molar-refractivity contribution in [2.24, 2.45) is 0 Å². The zero-order valence-electron chi connectivity index (χ0n) is 15.2. The lowest BCUT2D eigenvalue weighted by Gasteiger charge is -2.18. The summed E-state index contributed by atoms with van der Waals surface area (Å²) in [6.07, 6.45) is 6.83. The van der Waals surface area contributed by atoms with Crippen LogP contribution in [0.3, 0.4) is 0 Å². The Bertz CT molecular complexity index is 883. The lowest BCUT2D eigenvalue weighted by atomic mass is 10.2. The van der Waals surface area contributed by atoms with Crippen molar-refractivity contribution in [2.45, 2.75) is 24.3 Å². The van der Waals surface area contributed by atoms with Crippen LogP contribution in [0.5, 0.6) is 0 Å². The summed E-state index contributed by atoms with van der Waals surface area (Å²) in [7, 11) is -2.37. The SMILES string of the molecule is CN(CC(=O)NCc1ccnc(N2CCCC2)c1)S(=O)(=O)c1cccnc1. The van der Waals surface area contributed by atoms with Gasteiger partial charge in [-0.25, -0.2) is 13.4 Å². The van der Waals surface area contributed by atoms with Crippen LogP contribution >= 0.6 is 0 Å². The van der Waals surface area contributed by atoms with Gasteiger partial charge in [0, 0.05) is 45.3 Å². The summed E-state index contributed by atoms with van der Waals surface area (Å²) >= 11 is 0. The van der Waals surface area contributed by atoms with Crippen molar-refractivity contribution in [2.75, 3.05) is 31.6 Å². The van der Waals surface area contributed by atoms with Gasteiger partial charge in [-0.15, -0.1) is 0 Å². The van der Waals surface area contributed by atoms with Crippen molar-refractivity contribution in [1.29, 1.82) is 0 Å². The molecule has 0 radical (unpaired) electrons. The molecule has 0 bridgehead atoms. The molecule has 0 unspecified atom stereocenters. The highest BCUT2D eigenvalue weighted by Crippen LogP contribution is 2.18. The van der Waals surface area contributed by atoms with Crippen molar-refractivity contribution in [3.8, 4) is 0 Å². The summed E-state index contributed by atoms with van der Waals surface area (Å²) in [4.78, 5) is 22.7. The van der Waals surface area contributed by atoms with Gasteiger partial charge in [0.05, 0.1) is 6.54 Å². The first-order valence-corrected chi connectivity index (χ1v) is 10.2. The Kier molecular flexibility index (Phi) is 6.02. The van der Waals surface area contributed by atoms with Gasteiger partial charge in [0.1, 0.15) is 10.7 Å². The molecule has 1 saturated heterocycles. The van der Waals surface area contributed by atoms with Crippen LogP contribution < -0.4 is 10.2 Å². The van der Waals surface area contributed by atoms with Gasteiger partial charge < -0.3 is 10.2 Å². The van der Waals surface area contributed by atoms with Crippen molar-refractivity contribution in [3.05, 3.63) is 48.4 Å². The van der Waals surface area contributed by atoms with Gasteiger partial charge in [0.15, 0.2) is 0 Å². The largest absolute Gasteiger partial charge is 0.357 e. The number of amides is 1. The third kappa shape index (κ3) is 4.81. The van der Waals surface area contributed by atoms with Gasteiger partial charge in [-0.3, -0.25) is 9.78 Å². The van der Waals surface area contributed by atoms with E-state index in [1.165, 1.54) is 38.3 Å². The number of pyridine rings is 2. The minimum atomic E-state index is -3.74. The number of aromatic nitrogens is 2. The molecule has 3 rings (SSSR count). The first kappa shape index (κ1) is 19.2. The average molecular weight is 389 g/mol. The summed E-state index contributed by atoms with van der Waals surface area (Å²) < 4.78 is 25.9. The number of nitrogens with one attached hydrogen (secondary N) is 1. The second-order valence-electron chi connectivity index (χ2n) is 6.44. The van der Waals surface area contributed by atoms with Crippen molar-refractivity contribution >= 4 is 21.7 Å². The van der Waals surface area contributed by atoms with Crippen LogP contribution in [0, 0.1) is 0 Å². The molecule has 144 valence electrons. The number of carbonyl (C=O) groups excluding carboxylic acids is 1. The standard InChI is InChI=1S/C18H23N5O3S/c1-22(27(25,26)16-5-4-7-19-13-16)14-18(24)21-12-15-6-8-20-17(11-15)23-9-2-3-10-23/h4-8,11,13H,2-3,9-10,12,14H2,1H3,(H,21,24). The number of rotatable bonds is 7. The molecule has 0 aromatic carbocycles. The summed E-state index contributed by atoms with van der Waals surface area (Å²) in [6.45, 7) is 2.06. The number of sulfonamides is 1. The summed E-state index contributed by atoms with van der Waals surface area (Å²) in [5, 5.41) is 2.76. The molecule has 27 heavy (non-hydrogen) atoms. The summed E-state index contributed by atoms with van der Waals surface area (Å²) in [5.41, 5.74) is 0.929. The summed E-state index contributed by atoms with van der Waals surface area (Å²) in [5.74, 6) is 0.542. The van der Waals surface area contributed by atoms with Gasteiger partial charge >= 0.3 is 0 Å². The van der Waals surface area contributed by atoms with Crippen LogP contribution in [-0.4, -0.2) is 55.3 Å². The maximum atomic E-state index is 12.4. The van der Waals surface area contributed by atoms with Crippen molar-refractivity contribution in [3.63, 3.8) is 0 Å². The average Bonchev–Trinajstić information content (AvgIpc) is 3.22. The van der Waals surface area contributed by atoms with Gasteiger partial charge in [-0.05, 0) is 42.7 Å². The minimum absolute atomic E-state index is 0.0599. The fraction of sp³-hybridized carbons (Fsp3) is 0.389. The van der Waals surface area contributed by atoms with Crippen molar-refractivity contribution in [1.82, 2.24) is 19.6 Å². The molecular weight excluding hydrogens is 366 g/mol. The normalized spacial score (nSPS) is 14.5. The molecule has 0 saturated carbocycles. The van der Waals surface area contributed by atoms with Crippen LogP contribution in [0.1, 0.15) is 18.4 Å². The Morgan fingerprint density at radius 2 is 2.04 bits per heavy atom.